The minimum atomic E-state index is 0.265. The highest BCUT2D eigenvalue weighted by Crippen LogP contribution is 2.34. The van der Waals surface area contributed by atoms with Gasteiger partial charge in [-0.05, 0) is 11.5 Å². The predicted octanol–water partition coefficient (Wildman–Crippen LogP) is 1.33. The molecule has 1 unspecified atom stereocenters. The van der Waals surface area contributed by atoms with E-state index in [2.05, 4.69) is 36.5 Å². The van der Waals surface area contributed by atoms with E-state index < -0.39 is 0 Å². The summed E-state index contributed by atoms with van der Waals surface area (Å²) in [5.74, 6) is 0.352. The molecule has 1 fully saturated rings. The second kappa shape index (κ2) is 3.48. The monoisotopic (exact) mass is 177 g/mol. The van der Waals surface area contributed by atoms with E-state index in [1.165, 1.54) is 5.56 Å². The third-order valence-electron chi connectivity index (χ3n) is 2.68. The lowest BCUT2D eigenvalue weighted by Gasteiger charge is -2.03. The molecule has 0 bridgehead atoms. The zero-order valence-electron chi connectivity index (χ0n) is 7.77. The summed E-state index contributed by atoms with van der Waals surface area (Å²) < 4.78 is 0. The fraction of sp³-hybridized carbons (Fsp3) is 0.455. The standard InChI is InChI=1S/C11H15NO/c1-8(7-13)10-11(12-10)9-5-3-2-4-6-9/h2-6,8,10-13H,7H2,1H3/t8?,10-,11-/m0/s1. The molecule has 13 heavy (non-hydrogen) atoms. The van der Waals surface area contributed by atoms with Crippen LogP contribution >= 0.6 is 0 Å². The highest BCUT2D eigenvalue weighted by molar-refractivity contribution is 5.26. The van der Waals surface area contributed by atoms with Crippen molar-refractivity contribution in [2.24, 2.45) is 5.92 Å². The first-order chi connectivity index (χ1) is 6.33. The van der Waals surface area contributed by atoms with Gasteiger partial charge in [0, 0.05) is 18.7 Å². The average Bonchev–Trinajstić information content (AvgIpc) is 2.98. The topological polar surface area (TPSA) is 42.2 Å². The van der Waals surface area contributed by atoms with E-state index in [0.29, 0.717) is 18.0 Å². The van der Waals surface area contributed by atoms with Gasteiger partial charge in [0.1, 0.15) is 0 Å². The predicted molar refractivity (Wildman–Crippen MR) is 52.4 cm³/mol. The van der Waals surface area contributed by atoms with Gasteiger partial charge in [-0.25, -0.2) is 0 Å². The molecule has 3 atom stereocenters. The molecule has 70 valence electrons. The third-order valence-corrected chi connectivity index (χ3v) is 2.68. The lowest BCUT2D eigenvalue weighted by atomic mass is 10.0. The van der Waals surface area contributed by atoms with Crippen LogP contribution < -0.4 is 5.32 Å². The van der Waals surface area contributed by atoms with Crippen molar-refractivity contribution < 1.29 is 5.11 Å². The van der Waals surface area contributed by atoms with E-state index in [-0.39, 0.29) is 6.61 Å². The first-order valence-electron chi connectivity index (χ1n) is 4.75. The summed E-state index contributed by atoms with van der Waals surface area (Å²) in [5, 5.41) is 12.3. The first kappa shape index (κ1) is 8.73. The number of hydrogen-bond donors (Lipinski definition) is 2. The lowest BCUT2D eigenvalue weighted by Crippen LogP contribution is -2.10. The Morgan fingerprint density at radius 3 is 2.69 bits per heavy atom. The maximum absolute atomic E-state index is 8.97. The summed E-state index contributed by atoms with van der Waals surface area (Å²) in [4.78, 5) is 0. The third kappa shape index (κ3) is 1.74. The van der Waals surface area contributed by atoms with Gasteiger partial charge in [0.05, 0.1) is 0 Å². The van der Waals surface area contributed by atoms with E-state index in [9.17, 15) is 0 Å². The second-order valence-electron chi connectivity index (χ2n) is 3.74. The number of hydrogen-bond acceptors (Lipinski definition) is 2. The summed E-state index contributed by atoms with van der Waals surface area (Å²) in [6, 6.07) is 11.3. The van der Waals surface area contributed by atoms with Crippen LogP contribution in [0.4, 0.5) is 0 Å². The van der Waals surface area contributed by atoms with E-state index in [0.717, 1.165) is 0 Å². The van der Waals surface area contributed by atoms with Gasteiger partial charge >= 0.3 is 0 Å². The normalized spacial score (nSPS) is 28.5. The number of benzene rings is 1. The quantitative estimate of drug-likeness (QED) is 0.684. The van der Waals surface area contributed by atoms with Crippen LogP contribution in [0.2, 0.25) is 0 Å². The van der Waals surface area contributed by atoms with Crippen molar-refractivity contribution in [2.45, 2.75) is 19.0 Å². The Morgan fingerprint density at radius 2 is 2.08 bits per heavy atom. The van der Waals surface area contributed by atoms with Crippen LogP contribution in [0.25, 0.3) is 0 Å². The molecular formula is C11H15NO. The van der Waals surface area contributed by atoms with Crippen LogP contribution in [0.1, 0.15) is 18.5 Å². The zero-order valence-corrected chi connectivity index (χ0v) is 7.77. The zero-order chi connectivity index (χ0) is 9.26. The van der Waals surface area contributed by atoms with Gasteiger partial charge in [0.2, 0.25) is 0 Å². The highest BCUT2D eigenvalue weighted by Gasteiger charge is 2.40. The highest BCUT2D eigenvalue weighted by atomic mass is 16.3. The smallest absolute Gasteiger partial charge is 0.0482 e. The van der Waals surface area contributed by atoms with Gasteiger partial charge in [-0.2, -0.15) is 0 Å². The Labute approximate surface area is 78.6 Å². The Hall–Kier alpha value is -0.860. The number of aliphatic hydroxyl groups is 1. The van der Waals surface area contributed by atoms with Gasteiger partial charge in [0.15, 0.2) is 0 Å². The Balaban J connectivity index is 2.00. The molecule has 2 nitrogen and oxygen atoms in total. The minimum absolute atomic E-state index is 0.265. The summed E-state index contributed by atoms with van der Waals surface area (Å²) in [7, 11) is 0. The van der Waals surface area contributed by atoms with Crippen molar-refractivity contribution in [2.75, 3.05) is 6.61 Å². The van der Waals surface area contributed by atoms with Gasteiger partial charge in [0.25, 0.3) is 0 Å². The summed E-state index contributed by atoms with van der Waals surface area (Å²) in [6.45, 7) is 2.33. The molecule has 2 rings (SSSR count). The first-order valence-corrected chi connectivity index (χ1v) is 4.75. The molecule has 2 N–H and O–H groups in total. The number of aliphatic hydroxyl groups excluding tert-OH is 1. The number of rotatable bonds is 3. The second-order valence-corrected chi connectivity index (χ2v) is 3.74. The number of nitrogens with one attached hydrogen (secondary N) is 1. The van der Waals surface area contributed by atoms with Crippen LogP contribution in [-0.4, -0.2) is 17.8 Å². The molecule has 1 heterocycles. The van der Waals surface area contributed by atoms with Gasteiger partial charge in [-0.15, -0.1) is 0 Å². The van der Waals surface area contributed by atoms with Crippen molar-refractivity contribution in [1.82, 2.24) is 5.32 Å². The molecule has 1 aromatic rings. The van der Waals surface area contributed by atoms with E-state index in [1.807, 2.05) is 6.07 Å². The molecule has 0 aromatic heterocycles. The van der Waals surface area contributed by atoms with Crippen molar-refractivity contribution >= 4 is 0 Å². The van der Waals surface area contributed by atoms with Crippen molar-refractivity contribution in [3.05, 3.63) is 35.9 Å². The lowest BCUT2D eigenvalue weighted by molar-refractivity contribution is 0.234. The Bertz CT molecular complexity index is 273. The van der Waals surface area contributed by atoms with E-state index in [1.54, 1.807) is 0 Å². The van der Waals surface area contributed by atoms with Crippen molar-refractivity contribution in [3.63, 3.8) is 0 Å². The van der Waals surface area contributed by atoms with Crippen LogP contribution in [0.3, 0.4) is 0 Å². The molecule has 1 aromatic carbocycles. The molecule has 1 aliphatic rings. The van der Waals surface area contributed by atoms with Crippen LogP contribution in [-0.2, 0) is 0 Å². The largest absolute Gasteiger partial charge is 0.396 e. The fourth-order valence-corrected chi connectivity index (χ4v) is 1.72. The maximum Gasteiger partial charge on any atom is 0.0482 e. The molecular weight excluding hydrogens is 162 g/mol. The SMILES string of the molecule is CC(CO)[C@@H]1N[C@H]1c1ccccc1. The molecule has 0 radical (unpaired) electrons. The molecule has 0 saturated carbocycles. The van der Waals surface area contributed by atoms with Crippen molar-refractivity contribution in [1.29, 1.82) is 0 Å². The summed E-state index contributed by atoms with van der Waals surface area (Å²) >= 11 is 0. The van der Waals surface area contributed by atoms with Crippen LogP contribution in [0.5, 0.6) is 0 Å². The summed E-state index contributed by atoms with van der Waals surface area (Å²) in [5.41, 5.74) is 1.33. The maximum atomic E-state index is 8.97. The summed E-state index contributed by atoms with van der Waals surface area (Å²) in [6.07, 6.45) is 0. The molecule has 1 saturated heterocycles. The molecule has 1 aliphatic heterocycles. The van der Waals surface area contributed by atoms with Crippen LogP contribution in [0, 0.1) is 5.92 Å². The Kier molecular flexibility index (Phi) is 2.34. The molecule has 0 amide bonds. The van der Waals surface area contributed by atoms with Gasteiger partial charge < -0.3 is 10.4 Å². The van der Waals surface area contributed by atoms with Crippen molar-refractivity contribution in [3.8, 4) is 0 Å². The average molecular weight is 177 g/mol. The fourth-order valence-electron chi connectivity index (χ4n) is 1.72. The minimum Gasteiger partial charge on any atom is -0.396 e. The molecule has 0 spiro atoms. The van der Waals surface area contributed by atoms with Crippen LogP contribution in [0.15, 0.2) is 30.3 Å². The Morgan fingerprint density at radius 1 is 1.38 bits per heavy atom. The molecule has 2 heteroatoms. The van der Waals surface area contributed by atoms with Gasteiger partial charge in [-0.3, -0.25) is 0 Å². The molecule has 0 aliphatic carbocycles. The van der Waals surface area contributed by atoms with E-state index >= 15 is 0 Å². The van der Waals surface area contributed by atoms with E-state index in [4.69, 9.17) is 5.11 Å². The van der Waals surface area contributed by atoms with Gasteiger partial charge in [-0.1, -0.05) is 37.3 Å².